The van der Waals surface area contributed by atoms with Gasteiger partial charge in [0.1, 0.15) is 12.4 Å². The molecule has 6 nitrogen and oxygen atoms in total. The van der Waals surface area contributed by atoms with Gasteiger partial charge in [0, 0.05) is 35.8 Å². The molecule has 0 fully saturated rings. The molecule has 0 aliphatic carbocycles. The number of aromatic nitrogens is 1. The number of pyridine rings is 1. The number of hydrogen-bond donors (Lipinski definition) is 1. The number of halogens is 2. The van der Waals surface area contributed by atoms with E-state index in [1.54, 1.807) is 55.9 Å². The molecule has 0 saturated heterocycles. The molecular formula is C21H18Cl2N2O4. The summed E-state index contributed by atoms with van der Waals surface area (Å²) in [4.78, 5) is 16.3. The Morgan fingerprint density at radius 1 is 1.03 bits per heavy atom. The Balaban J connectivity index is 1.60. The number of hydrogen-bond acceptors (Lipinski definition) is 5. The fourth-order valence-electron chi connectivity index (χ4n) is 2.42. The lowest BCUT2D eigenvalue weighted by Crippen LogP contribution is -2.20. The van der Waals surface area contributed by atoms with Gasteiger partial charge in [0.05, 0.1) is 17.2 Å². The predicted molar refractivity (Wildman–Crippen MR) is 112 cm³/mol. The number of carbonyl (C=O) groups is 1. The van der Waals surface area contributed by atoms with Gasteiger partial charge in [0.25, 0.3) is 5.91 Å². The van der Waals surface area contributed by atoms with Gasteiger partial charge >= 0.3 is 0 Å². The second kappa shape index (κ2) is 10.0. The van der Waals surface area contributed by atoms with Crippen molar-refractivity contribution >= 4 is 34.8 Å². The molecule has 0 unspecified atom stereocenters. The third kappa shape index (κ3) is 6.01. The van der Waals surface area contributed by atoms with Crippen LogP contribution >= 0.6 is 23.2 Å². The molecule has 0 bridgehead atoms. The van der Waals surface area contributed by atoms with Crippen LogP contribution in [0.3, 0.4) is 0 Å². The zero-order valence-corrected chi connectivity index (χ0v) is 17.0. The average molecular weight is 433 g/mol. The van der Waals surface area contributed by atoms with Crippen molar-refractivity contribution in [3.63, 3.8) is 0 Å². The van der Waals surface area contributed by atoms with Crippen LogP contribution in [0.2, 0.25) is 10.0 Å². The van der Waals surface area contributed by atoms with Crippen molar-refractivity contribution in [2.24, 2.45) is 0 Å². The lowest BCUT2D eigenvalue weighted by molar-refractivity contribution is -0.118. The van der Waals surface area contributed by atoms with E-state index in [4.69, 9.17) is 37.4 Å². The largest absolute Gasteiger partial charge is 0.493 e. The molecule has 1 heterocycles. The highest BCUT2D eigenvalue weighted by Gasteiger charge is 2.10. The van der Waals surface area contributed by atoms with Gasteiger partial charge in [0.2, 0.25) is 0 Å². The molecule has 0 spiro atoms. The van der Waals surface area contributed by atoms with Crippen LogP contribution < -0.4 is 19.5 Å². The van der Waals surface area contributed by atoms with E-state index < -0.39 is 0 Å². The van der Waals surface area contributed by atoms with E-state index in [0.29, 0.717) is 39.6 Å². The number of rotatable bonds is 8. The summed E-state index contributed by atoms with van der Waals surface area (Å²) in [7, 11) is 1.55. The molecule has 0 saturated carbocycles. The zero-order valence-electron chi connectivity index (χ0n) is 15.5. The molecule has 150 valence electrons. The van der Waals surface area contributed by atoms with Gasteiger partial charge in [-0.15, -0.1) is 0 Å². The molecule has 0 aliphatic rings. The van der Waals surface area contributed by atoms with Gasteiger partial charge in [-0.05, 0) is 30.3 Å². The summed E-state index contributed by atoms with van der Waals surface area (Å²) in [5, 5.41) is 3.53. The number of benzene rings is 2. The Labute approximate surface area is 178 Å². The Hall–Kier alpha value is -2.96. The molecule has 0 aliphatic heterocycles. The van der Waals surface area contributed by atoms with Crippen molar-refractivity contribution in [3.8, 4) is 17.2 Å². The maximum absolute atomic E-state index is 12.2. The molecular weight excluding hydrogens is 415 g/mol. The number of amides is 1. The molecule has 2 aromatic carbocycles. The Bertz CT molecular complexity index is 984. The Morgan fingerprint density at radius 3 is 2.62 bits per heavy atom. The quantitative estimate of drug-likeness (QED) is 0.542. The molecule has 1 aromatic heterocycles. The standard InChI is InChI=1S/C21H18Cl2N2O4/c1-27-19-7-4-15(9-20(19)29-12-14-3-2-8-24-11-14)25-21(26)13-28-16-5-6-17(22)18(23)10-16/h2-11H,12-13H2,1H3,(H,25,26). The lowest BCUT2D eigenvalue weighted by Gasteiger charge is -2.13. The summed E-state index contributed by atoms with van der Waals surface area (Å²) in [6.07, 6.45) is 3.42. The zero-order chi connectivity index (χ0) is 20.6. The van der Waals surface area contributed by atoms with Crippen LogP contribution in [0.15, 0.2) is 60.9 Å². The highest BCUT2D eigenvalue weighted by Crippen LogP contribution is 2.31. The normalized spacial score (nSPS) is 10.3. The smallest absolute Gasteiger partial charge is 0.262 e. The van der Waals surface area contributed by atoms with E-state index in [-0.39, 0.29) is 12.5 Å². The minimum absolute atomic E-state index is 0.185. The van der Waals surface area contributed by atoms with Crippen LogP contribution in [-0.2, 0) is 11.4 Å². The van der Waals surface area contributed by atoms with Crippen molar-refractivity contribution in [1.82, 2.24) is 4.98 Å². The second-order valence-electron chi connectivity index (χ2n) is 5.93. The van der Waals surface area contributed by atoms with Crippen LogP contribution in [0.25, 0.3) is 0 Å². The molecule has 1 amide bonds. The van der Waals surface area contributed by atoms with Crippen LogP contribution in [0.1, 0.15) is 5.56 Å². The SMILES string of the molecule is COc1ccc(NC(=O)COc2ccc(Cl)c(Cl)c2)cc1OCc1cccnc1. The van der Waals surface area contributed by atoms with Crippen LogP contribution in [0.5, 0.6) is 17.2 Å². The lowest BCUT2D eigenvalue weighted by atomic mass is 10.2. The third-order valence-electron chi connectivity index (χ3n) is 3.83. The fourth-order valence-corrected chi connectivity index (χ4v) is 2.71. The summed E-state index contributed by atoms with van der Waals surface area (Å²) in [6, 6.07) is 13.7. The third-order valence-corrected chi connectivity index (χ3v) is 4.56. The topological polar surface area (TPSA) is 69.7 Å². The van der Waals surface area contributed by atoms with Crippen LogP contribution in [0, 0.1) is 0 Å². The van der Waals surface area contributed by atoms with E-state index in [0.717, 1.165) is 5.56 Å². The maximum Gasteiger partial charge on any atom is 0.262 e. The molecule has 3 aromatic rings. The molecule has 29 heavy (non-hydrogen) atoms. The van der Waals surface area contributed by atoms with Crippen LogP contribution in [-0.4, -0.2) is 24.6 Å². The van der Waals surface area contributed by atoms with E-state index in [9.17, 15) is 4.79 Å². The number of anilines is 1. The molecule has 1 N–H and O–H groups in total. The number of methoxy groups -OCH3 is 1. The minimum Gasteiger partial charge on any atom is -0.493 e. The van der Waals surface area contributed by atoms with E-state index in [2.05, 4.69) is 10.3 Å². The summed E-state index contributed by atoms with van der Waals surface area (Å²) < 4.78 is 16.6. The number of nitrogens with zero attached hydrogens (tertiary/aromatic N) is 1. The average Bonchev–Trinajstić information content (AvgIpc) is 2.74. The van der Waals surface area contributed by atoms with Gasteiger partial charge in [0.15, 0.2) is 18.1 Å². The van der Waals surface area contributed by atoms with Crippen LogP contribution in [0.4, 0.5) is 5.69 Å². The summed E-state index contributed by atoms with van der Waals surface area (Å²) in [5.74, 6) is 1.17. The van der Waals surface area contributed by atoms with Gasteiger partial charge in [-0.2, -0.15) is 0 Å². The van der Waals surface area contributed by atoms with Gasteiger partial charge in [-0.25, -0.2) is 0 Å². The Kier molecular flexibility index (Phi) is 7.16. The number of ether oxygens (including phenoxy) is 3. The summed E-state index contributed by atoms with van der Waals surface area (Å²) >= 11 is 11.8. The van der Waals surface area contributed by atoms with E-state index in [1.807, 2.05) is 12.1 Å². The highest BCUT2D eigenvalue weighted by atomic mass is 35.5. The first-order chi connectivity index (χ1) is 14.0. The first-order valence-electron chi connectivity index (χ1n) is 8.62. The van der Waals surface area contributed by atoms with E-state index >= 15 is 0 Å². The Morgan fingerprint density at radius 2 is 1.90 bits per heavy atom. The van der Waals surface area contributed by atoms with Crippen molar-refractivity contribution in [3.05, 3.63) is 76.5 Å². The maximum atomic E-state index is 12.2. The predicted octanol–water partition coefficient (Wildman–Crippen LogP) is 4.99. The first-order valence-corrected chi connectivity index (χ1v) is 9.38. The monoisotopic (exact) mass is 432 g/mol. The van der Waals surface area contributed by atoms with Crippen molar-refractivity contribution in [1.29, 1.82) is 0 Å². The van der Waals surface area contributed by atoms with Crippen molar-refractivity contribution < 1.29 is 19.0 Å². The molecule has 3 rings (SSSR count). The second-order valence-corrected chi connectivity index (χ2v) is 6.74. The molecule has 8 heteroatoms. The minimum atomic E-state index is -0.334. The fraction of sp³-hybridized carbons (Fsp3) is 0.143. The number of nitrogens with one attached hydrogen (secondary N) is 1. The first kappa shape index (κ1) is 20.8. The molecule has 0 atom stereocenters. The van der Waals surface area contributed by atoms with E-state index in [1.165, 1.54) is 0 Å². The highest BCUT2D eigenvalue weighted by molar-refractivity contribution is 6.42. The van der Waals surface area contributed by atoms with Gasteiger partial charge < -0.3 is 19.5 Å². The summed E-state index contributed by atoms with van der Waals surface area (Å²) in [6.45, 7) is 0.137. The number of carbonyl (C=O) groups excluding carboxylic acids is 1. The molecule has 0 radical (unpaired) electrons. The van der Waals surface area contributed by atoms with Crippen molar-refractivity contribution in [2.75, 3.05) is 19.0 Å². The summed E-state index contributed by atoms with van der Waals surface area (Å²) in [5.41, 5.74) is 1.47. The van der Waals surface area contributed by atoms with Crippen molar-refractivity contribution in [2.45, 2.75) is 6.61 Å². The van der Waals surface area contributed by atoms with Gasteiger partial charge in [-0.3, -0.25) is 9.78 Å². The van der Waals surface area contributed by atoms with Gasteiger partial charge in [-0.1, -0.05) is 29.3 Å².